The minimum Gasteiger partial charge on any atom is -0.372 e. The molecule has 178 valence electrons. The lowest BCUT2D eigenvalue weighted by Crippen LogP contribution is -2.31. The number of sulfonamides is 1. The fourth-order valence-electron chi connectivity index (χ4n) is 4.61. The van der Waals surface area contributed by atoms with Gasteiger partial charge < -0.3 is 10.2 Å². The van der Waals surface area contributed by atoms with Crippen LogP contribution in [-0.4, -0.2) is 44.8 Å². The minimum absolute atomic E-state index is 0.000107. The number of hydrogen-bond donors (Lipinski definition) is 1. The number of aryl methyl sites for hydroxylation is 1. The minimum atomic E-state index is -3.43. The van der Waals surface area contributed by atoms with E-state index < -0.39 is 10.0 Å². The monoisotopic (exact) mass is 469 g/mol. The second-order valence-electron chi connectivity index (χ2n) is 9.10. The van der Waals surface area contributed by atoms with E-state index in [0.29, 0.717) is 37.4 Å². The molecule has 2 aromatic rings. The van der Waals surface area contributed by atoms with Gasteiger partial charge in [-0.05, 0) is 67.5 Å². The van der Waals surface area contributed by atoms with Crippen molar-refractivity contribution in [3.63, 3.8) is 0 Å². The van der Waals surface area contributed by atoms with Crippen LogP contribution in [0.5, 0.6) is 0 Å². The van der Waals surface area contributed by atoms with Crippen LogP contribution in [0.25, 0.3) is 0 Å². The summed E-state index contributed by atoms with van der Waals surface area (Å²) in [4.78, 5) is 15.0. The Morgan fingerprint density at radius 1 is 0.758 bits per heavy atom. The maximum atomic E-state index is 12.9. The Labute approximate surface area is 198 Å². The molecule has 0 atom stereocenters. The summed E-state index contributed by atoms with van der Waals surface area (Å²) in [5.74, 6) is -0.000107. The lowest BCUT2D eigenvalue weighted by molar-refractivity contribution is -0.121. The Kier molecular flexibility index (Phi) is 8.04. The van der Waals surface area contributed by atoms with Gasteiger partial charge >= 0.3 is 0 Å². The van der Waals surface area contributed by atoms with E-state index in [0.717, 1.165) is 49.9 Å². The average Bonchev–Trinajstić information content (AvgIpc) is 3.23. The predicted molar refractivity (Wildman–Crippen MR) is 132 cm³/mol. The molecule has 2 heterocycles. The SMILES string of the molecule is O=C(CCc1ccc(S(=O)(=O)N2CCCCCC2)cc1)NCc1ccc(N2CCCC2)cc1. The van der Waals surface area contributed by atoms with E-state index in [1.54, 1.807) is 16.4 Å². The molecule has 0 aliphatic carbocycles. The number of benzene rings is 2. The summed E-state index contributed by atoms with van der Waals surface area (Å²) in [6.07, 6.45) is 7.52. The molecule has 4 rings (SSSR count). The number of rotatable bonds is 8. The maximum absolute atomic E-state index is 12.9. The molecule has 1 amide bonds. The first kappa shape index (κ1) is 23.8. The summed E-state index contributed by atoms with van der Waals surface area (Å²) in [6, 6.07) is 15.4. The van der Waals surface area contributed by atoms with Crippen LogP contribution in [0.15, 0.2) is 53.4 Å². The molecule has 2 saturated heterocycles. The molecule has 2 fully saturated rings. The number of amides is 1. The van der Waals surface area contributed by atoms with Crippen LogP contribution in [-0.2, 0) is 27.8 Å². The van der Waals surface area contributed by atoms with Gasteiger partial charge in [0.15, 0.2) is 0 Å². The van der Waals surface area contributed by atoms with Crippen molar-refractivity contribution in [1.82, 2.24) is 9.62 Å². The molecule has 1 N–H and O–H groups in total. The fourth-order valence-corrected chi connectivity index (χ4v) is 6.12. The Bertz CT molecular complexity index is 1010. The molecule has 2 aliphatic heterocycles. The first-order chi connectivity index (χ1) is 16.0. The number of hydrogen-bond acceptors (Lipinski definition) is 4. The van der Waals surface area contributed by atoms with E-state index in [1.807, 2.05) is 12.1 Å². The van der Waals surface area contributed by atoms with E-state index >= 15 is 0 Å². The summed E-state index contributed by atoms with van der Waals surface area (Å²) < 4.78 is 27.4. The average molecular weight is 470 g/mol. The van der Waals surface area contributed by atoms with Gasteiger partial charge in [0.25, 0.3) is 0 Å². The molecule has 2 aliphatic rings. The van der Waals surface area contributed by atoms with Gasteiger partial charge in [-0.25, -0.2) is 8.42 Å². The van der Waals surface area contributed by atoms with Crippen molar-refractivity contribution in [2.24, 2.45) is 0 Å². The van der Waals surface area contributed by atoms with Crippen molar-refractivity contribution in [3.05, 3.63) is 59.7 Å². The Hall–Kier alpha value is -2.38. The summed E-state index contributed by atoms with van der Waals surface area (Å²) in [7, 11) is -3.43. The van der Waals surface area contributed by atoms with Gasteiger partial charge in [-0.15, -0.1) is 0 Å². The zero-order valence-corrected chi connectivity index (χ0v) is 20.2. The molecule has 7 heteroatoms. The second-order valence-corrected chi connectivity index (χ2v) is 11.0. The third-order valence-corrected chi connectivity index (χ3v) is 8.58. The van der Waals surface area contributed by atoms with Crippen molar-refractivity contribution >= 4 is 21.6 Å². The lowest BCUT2D eigenvalue weighted by Gasteiger charge is -2.20. The van der Waals surface area contributed by atoms with Crippen LogP contribution in [0.1, 0.15) is 56.1 Å². The smallest absolute Gasteiger partial charge is 0.243 e. The molecule has 2 aromatic carbocycles. The molecule has 0 unspecified atom stereocenters. The van der Waals surface area contributed by atoms with E-state index in [9.17, 15) is 13.2 Å². The second kappa shape index (κ2) is 11.2. The highest BCUT2D eigenvalue weighted by atomic mass is 32.2. The lowest BCUT2D eigenvalue weighted by atomic mass is 10.1. The summed E-state index contributed by atoms with van der Waals surface area (Å²) in [5.41, 5.74) is 3.31. The third-order valence-electron chi connectivity index (χ3n) is 6.66. The highest BCUT2D eigenvalue weighted by Crippen LogP contribution is 2.22. The molecular weight excluding hydrogens is 434 g/mol. The number of carbonyl (C=O) groups is 1. The molecule has 33 heavy (non-hydrogen) atoms. The number of nitrogens with zero attached hydrogens (tertiary/aromatic N) is 2. The van der Waals surface area contributed by atoms with Gasteiger partial charge in [0.2, 0.25) is 15.9 Å². The van der Waals surface area contributed by atoms with Crippen molar-refractivity contribution in [1.29, 1.82) is 0 Å². The zero-order valence-electron chi connectivity index (χ0n) is 19.3. The quantitative estimate of drug-likeness (QED) is 0.632. The van der Waals surface area contributed by atoms with Gasteiger partial charge in [0.05, 0.1) is 4.90 Å². The van der Waals surface area contributed by atoms with Crippen molar-refractivity contribution in [2.75, 3.05) is 31.1 Å². The highest BCUT2D eigenvalue weighted by Gasteiger charge is 2.24. The van der Waals surface area contributed by atoms with Gasteiger partial charge in [-0.2, -0.15) is 4.31 Å². The van der Waals surface area contributed by atoms with E-state index in [-0.39, 0.29) is 5.91 Å². The van der Waals surface area contributed by atoms with E-state index in [2.05, 4.69) is 34.5 Å². The molecule has 0 spiro atoms. The summed E-state index contributed by atoms with van der Waals surface area (Å²) >= 11 is 0. The topological polar surface area (TPSA) is 69.7 Å². The number of carbonyl (C=O) groups excluding carboxylic acids is 1. The Morgan fingerprint density at radius 2 is 1.33 bits per heavy atom. The standard InChI is InChI=1S/C26H35N3O3S/c30-26(27-21-23-7-12-24(13-8-23)28-17-5-6-18-28)16-11-22-9-14-25(15-10-22)33(31,32)29-19-3-1-2-4-20-29/h7-10,12-15H,1-6,11,16-21H2,(H,27,30). The van der Waals surface area contributed by atoms with E-state index in [4.69, 9.17) is 0 Å². The van der Waals surface area contributed by atoms with Crippen LogP contribution in [0, 0.1) is 0 Å². The molecular formula is C26H35N3O3S. The molecule has 0 radical (unpaired) electrons. The van der Waals surface area contributed by atoms with Crippen LogP contribution < -0.4 is 10.2 Å². The Morgan fingerprint density at radius 3 is 1.97 bits per heavy atom. The third kappa shape index (κ3) is 6.36. The van der Waals surface area contributed by atoms with Crippen molar-refractivity contribution < 1.29 is 13.2 Å². The van der Waals surface area contributed by atoms with Crippen molar-refractivity contribution in [2.45, 2.75) is 62.8 Å². The van der Waals surface area contributed by atoms with E-state index in [1.165, 1.54) is 18.5 Å². The summed E-state index contributed by atoms with van der Waals surface area (Å²) in [6.45, 7) is 3.98. The van der Waals surface area contributed by atoms with Gasteiger partial charge in [0.1, 0.15) is 0 Å². The molecule has 0 aromatic heterocycles. The van der Waals surface area contributed by atoms with Crippen LogP contribution in [0.2, 0.25) is 0 Å². The maximum Gasteiger partial charge on any atom is 0.243 e. The fraction of sp³-hybridized carbons (Fsp3) is 0.500. The zero-order chi connectivity index (χ0) is 23.1. The van der Waals surface area contributed by atoms with Crippen LogP contribution >= 0.6 is 0 Å². The normalized spacial score (nSPS) is 17.6. The Balaban J connectivity index is 1.23. The van der Waals surface area contributed by atoms with Gasteiger partial charge in [0, 0.05) is 44.8 Å². The summed E-state index contributed by atoms with van der Waals surface area (Å²) in [5, 5.41) is 2.99. The highest BCUT2D eigenvalue weighted by molar-refractivity contribution is 7.89. The number of nitrogens with one attached hydrogen (secondary N) is 1. The predicted octanol–water partition coefficient (Wildman–Crippen LogP) is 4.10. The molecule has 0 saturated carbocycles. The van der Waals surface area contributed by atoms with Crippen LogP contribution in [0.4, 0.5) is 5.69 Å². The number of anilines is 1. The largest absolute Gasteiger partial charge is 0.372 e. The van der Waals surface area contributed by atoms with Crippen LogP contribution in [0.3, 0.4) is 0 Å². The van der Waals surface area contributed by atoms with Gasteiger partial charge in [-0.3, -0.25) is 4.79 Å². The first-order valence-electron chi connectivity index (χ1n) is 12.2. The van der Waals surface area contributed by atoms with Gasteiger partial charge in [-0.1, -0.05) is 37.1 Å². The molecule has 0 bridgehead atoms. The first-order valence-corrected chi connectivity index (χ1v) is 13.7. The van der Waals surface area contributed by atoms with Crippen molar-refractivity contribution in [3.8, 4) is 0 Å². The molecule has 6 nitrogen and oxygen atoms in total.